The van der Waals surface area contributed by atoms with E-state index in [9.17, 15) is 18.0 Å². The molecule has 0 radical (unpaired) electrons. The summed E-state index contributed by atoms with van der Waals surface area (Å²) in [5.41, 5.74) is 0.100. The molecule has 2 N–H and O–H groups in total. The summed E-state index contributed by atoms with van der Waals surface area (Å²) in [5, 5.41) is 2.62. The molecule has 1 fully saturated rings. The zero-order valence-corrected chi connectivity index (χ0v) is 16.5. The van der Waals surface area contributed by atoms with Crippen molar-refractivity contribution in [1.29, 1.82) is 0 Å². The van der Waals surface area contributed by atoms with Crippen LogP contribution in [0.5, 0.6) is 0 Å². The molecule has 144 valence electrons. The molecule has 0 spiro atoms. The average Bonchev–Trinajstić information content (AvgIpc) is 3.36. The van der Waals surface area contributed by atoms with E-state index in [4.69, 9.17) is 16.3 Å². The number of sulfonamides is 1. The predicted octanol–water partition coefficient (Wildman–Crippen LogP) is 2.10. The van der Waals surface area contributed by atoms with Gasteiger partial charge in [0.25, 0.3) is 5.91 Å². The van der Waals surface area contributed by atoms with Crippen LogP contribution >= 0.6 is 11.6 Å². The highest BCUT2D eigenvalue weighted by Crippen LogP contribution is 2.27. The van der Waals surface area contributed by atoms with Crippen molar-refractivity contribution in [2.75, 3.05) is 7.11 Å². The Balaban J connectivity index is 2.23. The number of halogens is 1. The number of benzene rings is 1. The Morgan fingerprint density at radius 3 is 2.50 bits per heavy atom. The minimum atomic E-state index is -3.81. The van der Waals surface area contributed by atoms with Gasteiger partial charge in [0.15, 0.2) is 0 Å². The number of hydrogen-bond acceptors (Lipinski definition) is 5. The standard InChI is InChI=1S/C17H23ClN2O5S/c1-10(2)8-14(17(22)25-3)19-16(21)11-4-7-13(18)15(9-11)26(23,24)20-12-5-6-12/h4,7,9-10,12,14,20H,5-6,8H2,1-3H3,(H,19,21). The van der Waals surface area contributed by atoms with Gasteiger partial charge in [-0.15, -0.1) is 0 Å². The lowest BCUT2D eigenvalue weighted by atomic mass is 10.0. The van der Waals surface area contributed by atoms with Gasteiger partial charge < -0.3 is 10.1 Å². The Hall–Kier alpha value is -1.64. The lowest BCUT2D eigenvalue weighted by molar-refractivity contribution is -0.143. The molecule has 9 heteroatoms. The summed E-state index contributed by atoms with van der Waals surface area (Å²) in [4.78, 5) is 24.2. The van der Waals surface area contributed by atoms with E-state index in [1.807, 2.05) is 13.8 Å². The number of amides is 1. The molecule has 0 bridgehead atoms. The van der Waals surface area contributed by atoms with Crippen molar-refractivity contribution in [2.45, 2.75) is 50.1 Å². The van der Waals surface area contributed by atoms with Crippen LogP contribution in [0.1, 0.15) is 43.5 Å². The van der Waals surface area contributed by atoms with E-state index < -0.39 is 27.9 Å². The number of carbonyl (C=O) groups excluding carboxylic acids is 2. The third kappa shape index (κ3) is 5.43. The fourth-order valence-electron chi connectivity index (χ4n) is 2.40. The molecule has 0 heterocycles. The van der Waals surface area contributed by atoms with Crippen molar-refractivity contribution < 1.29 is 22.7 Å². The van der Waals surface area contributed by atoms with Crippen LogP contribution in [0.25, 0.3) is 0 Å². The summed E-state index contributed by atoms with van der Waals surface area (Å²) < 4.78 is 32.0. The smallest absolute Gasteiger partial charge is 0.328 e. The molecule has 0 saturated heterocycles. The van der Waals surface area contributed by atoms with Crippen LogP contribution in [-0.2, 0) is 19.6 Å². The summed E-state index contributed by atoms with van der Waals surface area (Å²) in [6.45, 7) is 3.83. The van der Waals surface area contributed by atoms with Gasteiger partial charge in [-0.1, -0.05) is 25.4 Å². The molecular formula is C17H23ClN2O5S. The normalized spacial score (nSPS) is 15.6. The predicted molar refractivity (Wildman–Crippen MR) is 97.5 cm³/mol. The molecular weight excluding hydrogens is 380 g/mol. The maximum Gasteiger partial charge on any atom is 0.328 e. The van der Waals surface area contributed by atoms with Crippen LogP contribution in [0.2, 0.25) is 5.02 Å². The summed E-state index contributed by atoms with van der Waals surface area (Å²) in [5.74, 6) is -0.965. The highest BCUT2D eigenvalue weighted by molar-refractivity contribution is 7.89. The molecule has 26 heavy (non-hydrogen) atoms. The molecule has 1 aromatic rings. The number of nitrogens with one attached hydrogen (secondary N) is 2. The Morgan fingerprint density at radius 1 is 1.31 bits per heavy atom. The topological polar surface area (TPSA) is 102 Å². The molecule has 1 unspecified atom stereocenters. The molecule has 0 aliphatic heterocycles. The number of ether oxygens (including phenoxy) is 1. The maximum atomic E-state index is 12.5. The van der Waals surface area contributed by atoms with Gasteiger partial charge >= 0.3 is 5.97 Å². The van der Waals surface area contributed by atoms with Crippen LogP contribution < -0.4 is 10.0 Å². The minimum absolute atomic E-state index is 0.0291. The second-order valence-corrected chi connectivity index (χ2v) is 8.81. The van der Waals surface area contributed by atoms with Gasteiger partial charge in [0, 0.05) is 11.6 Å². The van der Waals surface area contributed by atoms with E-state index in [1.165, 1.54) is 25.3 Å². The van der Waals surface area contributed by atoms with Crippen molar-refractivity contribution in [1.82, 2.24) is 10.0 Å². The Bertz CT molecular complexity index is 790. The first-order valence-corrected chi connectivity index (χ1v) is 10.2. The molecule has 1 aromatic carbocycles. The molecule has 1 aliphatic carbocycles. The van der Waals surface area contributed by atoms with Crippen LogP contribution in [0.3, 0.4) is 0 Å². The van der Waals surface area contributed by atoms with Crippen LogP contribution in [0.15, 0.2) is 23.1 Å². The lowest BCUT2D eigenvalue weighted by Crippen LogP contribution is -2.42. The number of rotatable bonds is 8. The molecule has 1 amide bonds. The Morgan fingerprint density at radius 2 is 1.96 bits per heavy atom. The third-order valence-electron chi connectivity index (χ3n) is 3.88. The highest BCUT2D eigenvalue weighted by Gasteiger charge is 2.30. The van der Waals surface area contributed by atoms with Gasteiger partial charge in [0.1, 0.15) is 10.9 Å². The van der Waals surface area contributed by atoms with E-state index in [0.717, 1.165) is 12.8 Å². The summed E-state index contributed by atoms with van der Waals surface area (Å²) >= 11 is 6.01. The summed E-state index contributed by atoms with van der Waals surface area (Å²) in [7, 11) is -2.56. The van der Waals surface area contributed by atoms with Gasteiger partial charge in [-0.25, -0.2) is 17.9 Å². The zero-order chi connectivity index (χ0) is 19.5. The minimum Gasteiger partial charge on any atom is -0.467 e. The molecule has 1 aliphatic rings. The Kier molecular flexibility index (Phi) is 6.65. The quantitative estimate of drug-likeness (QED) is 0.648. The fourth-order valence-corrected chi connectivity index (χ4v) is 4.23. The van der Waals surface area contributed by atoms with Gasteiger partial charge in [0.2, 0.25) is 10.0 Å². The summed E-state index contributed by atoms with van der Waals surface area (Å²) in [6.07, 6.45) is 1.97. The van der Waals surface area contributed by atoms with Crippen molar-refractivity contribution in [3.8, 4) is 0 Å². The first kappa shape index (κ1) is 20.7. The Labute approximate surface area is 158 Å². The molecule has 0 aromatic heterocycles. The first-order chi connectivity index (χ1) is 12.1. The number of esters is 1. The first-order valence-electron chi connectivity index (χ1n) is 8.34. The van der Waals surface area contributed by atoms with E-state index in [-0.39, 0.29) is 27.4 Å². The lowest BCUT2D eigenvalue weighted by Gasteiger charge is -2.18. The van der Waals surface area contributed by atoms with Crippen molar-refractivity contribution >= 4 is 33.5 Å². The van der Waals surface area contributed by atoms with Crippen LogP contribution in [0, 0.1) is 5.92 Å². The van der Waals surface area contributed by atoms with Gasteiger partial charge in [-0.2, -0.15) is 0 Å². The number of carbonyl (C=O) groups is 2. The molecule has 2 rings (SSSR count). The van der Waals surface area contributed by atoms with E-state index in [2.05, 4.69) is 10.0 Å². The second-order valence-electron chi connectivity index (χ2n) is 6.72. The summed E-state index contributed by atoms with van der Waals surface area (Å²) in [6, 6.07) is 3.09. The molecule has 1 saturated carbocycles. The average molecular weight is 403 g/mol. The number of hydrogen-bond donors (Lipinski definition) is 2. The third-order valence-corrected chi connectivity index (χ3v) is 5.88. The van der Waals surface area contributed by atoms with Gasteiger partial charge in [0.05, 0.1) is 12.1 Å². The SMILES string of the molecule is COC(=O)C(CC(C)C)NC(=O)c1ccc(Cl)c(S(=O)(=O)NC2CC2)c1. The maximum absolute atomic E-state index is 12.5. The van der Waals surface area contributed by atoms with Crippen molar-refractivity contribution in [3.63, 3.8) is 0 Å². The fraction of sp³-hybridized carbons (Fsp3) is 0.529. The highest BCUT2D eigenvalue weighted by atomic mass is 35.5. The zero-order valence-electron chi connectivity index (χ0n) is 14.9. The van der Waals surface area contributed by atoms with E-state index in [0.29, 0.717) is 6.42 Å². The van der Waals surface area contributed by atoms with Crippen LogP contribution in [0.4, 0.5) is 0 Å². The van der Waals surface area contributed by atoms with E-state index >= 15 is 0 Å². The van der Waals surface area contributed by atoms with Crippen LogP contribution in [-0.4, -0.2) is 39.5 Å². The van der Waals surface area contributed by atoms with Gasteiger partial charge in [-0.05, 0) is 43.4 Å². The monoisotopic (exact) mass is 402 g/mol. The second kappa shape index (κ2) is 8.37. The van der Waals surface area contributed by atoms with Crippen molar-refractivity contribution in [2.24, 2.45) is 5.92 Å². The molecule has 7 nitrogen and oxygen atoms in total. The van der Waals surface area contributed by atoms with Gasteiger partial charge in [-0.3, -0.25) is 4.79 Å². The number of methoxy groups -OCH3 is 1. The van der Waals surface area contributed by atoms with E-state index in [1.54, 1.807) is 0 Å². The van der Waals surface area contributed by atoms with Crippen molar-refractivity contribution in [3.05, 3.63) is 28.8 Å². The largest absolute Gasteiger partial charge is 0.467 e. The molecule has 1 atom stereocenters.